The lowest BCUT2D eigenvalue weighted by atomic mass is 10.1. The molecule has 1 aromatic carbocycles. The molecule has 0 saturated carbocycles. The topological polar surface area (TPSA) is 67.5 Å². The van der Waals surface area contributed by atoms with Crippen LogP contribution in [0.4, 0.5) is 5.82 Å². The first kappa shape index (κ1) is 13.8. The fourth-order valence-corrected chi connectivity index (χ4v) is 2.01. The van der Waals surface area contributed by atoms with Crippen LogP contribution in [0.15, 0.2) is 41.8 Å². The van der Waals surface area contributed by atoms with Crippen molar-refractivity contribution in [2.24, 2.45) is 5.10 Å². The minimum atomic E-state index is 0.493. The smallest absolute Gasteiger partial charge is 0.177 e. The van der Waals surface area contributed by atoms with Crippen molar-refractivity contribution in [2.75, 3.05) is 5.43 Å². The molecule has 21 heavy (non-hydrogen) atoms. The Morgan fingerprint density at radius 1 is 1.19 bits per heavy atom. The van der Waals surface area contributed by atoms with Crippen LogP contribution in [-0.2, 0) is 0 Å². The quantitative estimate of drug-likeness (QED) is 0.594. The van der Waals surface area contributed by atoms with Crippen LogP contribution in [0.3, 0.4) is 0 Å². The van der Waals surface area contributed by atoms with E-state index in [1.165, 1.54) is 6.33 Å². The predicted molar refractivity (Wildman–Crippen MR) is 83.1 cm³/mol. The van der Waals surface area contributed by atoms with Gasteiger partial charge in [0.15, 0.2) is 11.5 Å². The molecule has 8 heteroatoms. The highest BCUT2D eigenvalue weighted by Gasteiger charge is 2.03. The van der Waals surface area contributed by atoms with E-state index < -0.39 is 0 Å². The average Bonchev–Trinajstić information content (AvgIpc) is 2.95. The summed E-state index contributed by atoms with van der Waals surface area (Å²) in [6.45, 7) is 1.86. The first-order chi connectivity index (χ1) is 10.1. The van der Waals surface area contributed by atoms with E-state index >= 15 is 0 Å². The number of aromatic nitrogens is 4. The molecule has 0 aliphatic rings. The lowest BCUT2D eigenvalue weighted by molar-refractivity contribution is 0.924. The van der Waals surface area contributed by atoms with E-state index in [1.807, 2.05) is 13.0 Å². The number of nitrogens with zero attached hydrogens (tertiary/aromatic N) is 5. The molecule has 1 N–H and O–H groups in total. The second kappa shape index (κ2) is 5.67. The molecule has 0 spiro atoms. The Kier molecular flexibility index (Phi) is 3.72. The fraction of sp³-hybridized carbons (Fsp3) is 0.0769. The summed E-state index contributed by atoms with van der Waals surface area (Å²) >= 11 is 11.9. The van der Waals surface area contributed by atoms with E-state index in [4.69, 9.17) is 23.2 Å². The molecule has 0 saturated heterocycles. The van der Waals surface area contributed by atoms with Gasteiger partial charge in [0.05, 0.1) is 15.8 Å². The summed E-state index contributed by atoms with van der Waals surface area (Å²) in [6.07, 6.45) is 1.52. The molecule has 0 aliphatic heterocycles. The van der Waals surface area contributed by atoms with E-state index in [0.29, 0.717) is 21.5 Å². The van der Waals surface area contributed by atoms with Crippen LogP contribution in [-0.4, -0.2) is 25.5 Å². The van der Waals surface area contributed by atoms with Gasteiger partial charge in [-0.1, -0.05) is 29.3 Å². The van der Waals surface area contributed by atoms with E-state index in [1.54, 1.807) is 28.8 Å². The van der Waals surface area contributed by atoms with Gasteiger partial charge in [-0.15, -0.1) is 15.3 Å². The second-order valence-electron chi connectivity index (χ2n) is 4.29. The Morgan fingerprint density at radius 3 is 2.86 bits per heavy atom. The first-order valence-electron chi connectivity index (χ1n) is 6.06. The fourth-order valence-electron chi connectivity index (χ4n) is 1.71. The molecule has 0 radical (unpaired) electrons. The number of rotatable bonds is 3. The molecule has 0 aliphatic carbocycles. The highest BCUT2D eigenvalue weighted by atomic mass is 35.5. The van der Waals surface area contributed by atoms with Gasteiger partial charge in [-0.3, -0.25) is 5.43 Å². The molecule has 0 fully saturated rings. The zero-order valence-corrected chi connectivity index (χ0v) is 12.5. The van der Waals surface area contributed by atoms with Crippen molar-refractivity contribution in [3.63, 3.8) is 0 Å². The highest BCUT2D eigenvalue weighted by Crippen LogP contribution is 2.22. The van der Waals surface area contributed by atoms with Crippen molar-refractivity contribution in [3.8, 4) is 0 Å². The SMILES string of the molecule is C/C(=N/Nc1ccc2nncn2n1)c1ccc(Cl)c(Cl)c1. The molecule has 0 bridgehead atoms. The van der Waals surface area contributed by atoms with Crippen LogP contribution in [0.2, 0.25) is 10.0 Å². The average molecular weight is 321 g/mol. The lowest BCUT2D eigenvalue weighted by Gasteiger charge is -2.04. The zero-order valence-electron chi connectivity index (χ0n) is 11.0. The summed E-state index contributed by atoms with van der Waals surface area (Å²) in [5.41, 5.74) is 5.20. The highest BCUT2D eigenvalue weighted by molar-refractivity contribution is 6.42. The summed E-state index contributed by atoms with van der Waals surface area (Å²) in [7, 11) is 0. The van der Waals surface area contributed by atoms with Gasteiger partial charge in [0.25, 0.3) is 0 Å². The molecule has 6 nitrogen and oxygen atoms in total. The third kappa shape index (κ3) is 2.96. The number of hydrogen-bond acceptors (Lipinski definition) is 5. The Hall–Kier alpha value is -2.18. The van der Waals surface area contributed by atoms with Gasteiger partial charge in [-0.05, 0) is 36.8 Å². The Bertz CT molecular complexity index is 826. The van der Waals surface area contributed by atoms with Gasteiger partial charge in [0, 0.05) is 0 Å². The summed E-state index contributed by atoms with van der Waals surface area (Å²) < 4.78 is 1.56. The van der Waals surface area contributed by atoms with Crippen LogP contribution in [0.25, 0.3) is 5.65 Å². The standard InChI is InChI=1S/C13H10Cl2N6/c1-8(9-2-3-10(14)11(15)6-9)17-18-12-4-5-13-19-16-7-21(13)20-12/h2-7H,1H3,(H,18,20)/b17-8-. The number of benzene rings is 1. The Balaban J connectivity index is 1.82. The van der Waals surface area contributed by atoms with E-state index in [-0.39, 0.29) is 0 Å². The van der Waals surface area contributed by atoms with Gasteiger partial charge in [-0.2, -0.15) is 9.62 Å². The molecule has 0 atom stereocenters. The van der Waals surface area contributed by atoms with Crippen molar-refractivity contribution >= 4 is 40.4 Å². The maximum Gasteiger partial charge on any atom is 0.177 e. The summed E-state index contributed by atoms with van der Waals surface area (Å²) in [6, 6.07) is 8.92. The third-order valence-electron chi connectivity index (χ3n) is 2.84. The summed E-state index contributed by atoms with van der Waals surface area (Å²) in [4.78, 5) is 0. The van der Waals surface area contributed by atoms with Gasteiger partial charge < -0.3 is 0 Å². The zero-order chi connectivity index (χ0) is 14.8. The van der Waals surface area contributed by atoms with Crippen LogP contribution in [0, 0.1) is 0 Å². The van der Waals surface area contributed by atoms with Gasteiger partial charge in [-0.25, -0.2) is 0 Å². The van der Waals surface area contributed by atoms with Crippen LogP contribution in [0.1, 0.15) is 12.5 Å². The van der Waals surface area contributed by atoms with E-state index in [0.717, 1.165) is 11.3 Å². The maximum absolute atomic E-state index is 5.99. The number of hydrogen-bond donors (Lipinski definition) is 1. The number of anilines is 1. The molecule has 0 unspecified atom stereocenters. The number of nitrogens with one attached hydrogen (secondary N) is 1. The molecular formula is C13H10Cl2N6. The lowest BCUT2D eigenvalue weighted by Crippen LogP contribution is -2.02. The minimum absolute atomic E-state index is 0.493. The van der Waals surface area contributed by atoms with E-state index in [2.05, 4.69) is 25.8 Å². The molecule has 3 rings (SSSR count). The van der Waals surface area contributed by atoms with Gasteiger partial charge in [0.1, 0.15) is 6.33 Å². The van der Waals surface area contributed by atoms with Gasteiger partial charge >= 0.3 is 0 Å². The molecular weight excluding hydrogens is 311 g/mol. The predicted octanol–water partition coefficient (Wildman–Crippen LogP) is 3.27. The molecule has 3 aromatic rings. The van der Waals surface area contributed by atoms with Crippen molar-refractivity contribution in [3.05, 3.63) is 52.3 Å². The monoisotopic (exact) mass is 320 g/mol. The van der Waals surface area contributed by atoms with Crippen LogP contribution < -0.4 is 5.43 Å². The number of fused-ring (bicyclic) bond motifs is 1. The largest absolute Gasteiger partial charge is 0.260 e. The van der Waals surface area contributed by atoms with Crippen LogP contribution >= 0.6 is 23.2 Å². The van der Waals surface area contributed by atoms with Crippen molar-refractivity contribution in [1.82, 2.24) is 19.8 Å². The third-order valence-corrected chi connectivity index (χ3v) is 3.58. The second-order valence-corrected chi connectivity index (χ2v) is 5.10. The van der Waals surface area contributed by atoms with Crippen molar-refractivity contribution < 1.29 is 0 Å². The van der Waals surface area contributed by atoms with E-state index in [9.17, 15) is 0 Å². The first-order valence-corrected chi connectivity index (χ1v) is 6.82. The van der Waals surface area contributed by atoms with Gasteiger partial charge in [0.2, 0.25) is 0 Å². The Labute approximate surface area is 130 Å². The number of halogens is 2. The van der Waals surface area contributed by atoms with Crippen molar-refractivity contribution in [1.29, 1.82) is 0 Å². The normalized spacial score (nSPS) is 11.9. The number of hydrazone groups is 1. The van der Waals surface area contributed by atoms with Crippen molar-refractivity contribution in [2.45, 2.75) is 6.92 Å². The molecule has 0 amide bonds. The summed E-state index contributed by atoms with van der Waals surface area (Å²) in [5.74, 6) is 0.585. The molecule has 2 heterocycles. The maximum atomic E-state index is 5.99. The molecule has 106 valence electrons. The Morgan fingerprint density at radius 2 is 2.05 bits per heavy atom. The van der Waals surface area contributed by atoms with Crippen LogP contribution in [0.5, 0.6) is 0 Å². The minimum Gasteiger partial charge on any atom is -0.260 e. The summed E-state index contributed by atoms with van der Waals surface area (Å²) in [5, 5.41) is 17.2. The molecule has 2 aromatic heterocycles.